The maximum Gasteiger partial charge on any atom is 0.241 e. The van der Waals surface area contributed by atoms with Gasteiger partial charge in [0.25, 0.3) is 0 Å². The monoisotopic (exact) mass is 323 g/mol. The summed E-state index contributed by atoms with van der Waals surface area (Å²) in [5.74, 6) is -0.293. The molecular weight excluding hydrogens is 310 g/mol. The molecule has 2 rings (SSSR count). The van der Waals surface area contributed by atoms with Crippen molar-refractivity contribution in [2.45, 2.75) is 11.8 Å². The summed E-state index contributed by atoms with van der Waals surface area (Å²) in [6, 6.07) is 13.1. The van der Waals surface area contributed by atoms with Crippen molar-refractivity contribution in [1.82, 2.24) is 4.72 Å². The number of carbonyl (C=O) groups is 1. The van der Waals surface area contributed by atoms with Crippen molar-refractivity contribution in [2.75, 3.05) is 6.54 Å². The van der Waals surface area contributed by atoms with Gasteiger partial charge in [-0.15, -0.1) is 0 Å². The predicted octanol–water partition coefficient (Wildman–Crippen LogP) is 2.81. The normalized spacial score (nSPS) is 11.3. The molecule has 0 aliphatic heterocycles. The van der Waals surface area contributed by atoms with E-state index in [0.29, 0.717) is 16.1 Å². The number of carbonyl (C=O) groups excluding carboxylic acids is 1. The zero-order valence-electron chi connectivity index (χ0n) is 11.3. The van der Waals surface area contributed by atoms with Crippen molar-refractivity contribution in [3.05, 3.63) is 64.7 Å². The second-order valence-electron chi connectivity index (χ2n) is 4.48. The lowest BCUT2D eigenvalue weighted by molar-refractivity contribution is 0.0997. The van der Waals surface area contributed by atoms with E-state index in [9.17, 15) is 13.2 Å². The van der Waals surface area contributed by atoms with Gasteiger partial charge in [0.15, 0.2) is 5.78 Å². The van der Waals surface area contributed by atoms with Gasteiger partial charge in [-0.3, -0.25) is 4.79 Å². The van der Waals surface area contributed by atoms with Gasteiger partial charge in [0.05, 0.1) is 11.4 Å². The molecule has 0 saturated carbocycles. The number of hydrogen-bond donors (Lipinski definition) is 1. The first-order chi connectivity index (χ1) is 9.92. The minimum atomic E-state index is -3.77. The zero-order chi connectivity index (χ0) is 15.5. The summed E-state index contributed by atoms with van der Waals surface area (Å²) in [7, 11) is -3.77. The van der Waals surface area contributed by atoms with Crippen molar-refractivity contribution < 1.29 is 13.2 Å². The molecule has 0 aromatic heterocycles. The third-order valence-corrected chi connectivity index (χ3v) is 4.98. The molecule has 0 radical (unpaired) electrons. The van der Waals surface area contributed by atoms with Crippen molar-refractivity contribution in [1.29, 1.82) is 0 Å². The molecule has 1 N–H and O–H groups in total. The third-order valence-electron chi connectivity index (χ3n) is 3.03. The van der Waals surface area contributed by atoms with E-state index < -0.39 is 10.0 Å². The fourth-order valence-electron chi connectivity index (χ4n) is 1.84. The Morgan fingerprint density at radius 1 is 1.10 bits per heavy atom. The lowest BCUT2D eigenvalue weighted by atomic mass is 10.1. The third kappa shape index (κ3) is 3.69. The van der Waals surface area contributed by atoms with Crippen LogP contribution < -0.4 is 4.72 Å². The SMILES string of the molecule is Cc1c(Cl)cccc1S(=O)(=O)NCC(=O)c1ccccc1. The molecule has 110 valence electrons. The molecule has 21 heavy (non-hydrogen) atoms. The average Bonchev–Trinajstić information content (AvgIpc) is 2.48. The van der Waals surface area contributed by atoms with E-state index >= 15 is 0 Å². The molecule has 0 aliphatic carbocycles. The number of nitrogens with one attached hydrogen (secondary N) is 1. The summed E-state index contributed by atoms with van der Waals surface area (Å²) in [6.45, 7) is 1.33. The smallest absolute Gasteiger partial charge is 0.241 e. The summed E-state index contributed by atoms with van der Waals surface area (Å²) in [6.07, 6.45) is 0. The van der Waals surface area contributed by atoms with Gasteiger partial charge in [0, 0.05) is 10.6 Å². The number of sulfonamides is 1. The minimum absolute atomic E-state index is 0.0795. The van der Waals surface area contributed by atoms with E-state index in [1.54, 1.807) is 49.4 Å². The highest BCUT2D eigenvalue weighted by atomic mass is 35.5. The fraction of sp³-hybridized carbons (Fsp3) is 0.133. The Bertz CT molecular complexity index is 758. The van der Waals surface area contributed by atoms with Gasteiger partial charge in [-0.05, 0) is 24.6 Å². The van der Waals surface area contributed by atoms with Gasteiger partial charge >= 0.3 is 0 Å². The summed E-state index contributed by atoms with van der Waals surface area (Å²) < 4.78 is 26.7. The van der Waals surface area contributed by atoms with Crippen molar-refractivity contribution in [2.24, 2.45) is 0 Å². The van der Waals surface area contributed by atoms with Crippen LogP contribution in [-0.4, -0.2) is 20.7 Å². The van der Waals surface area contributed by atoms with E-state index in [-0.39, 0.29) is 17.2 Å². The molecule has 0 amide bonds. The van der Waals surface area contributed by atoms with Crippen LogP contribution in [0.5, 0.6) is 0 Å². The van der Waals surface area contributed by atoms with E-state index in [0.717, 1.165) is 0 Å². The van der Waals surface area contributed by atoms with Crippen molar-refractivity contribution in [3.63, 3.8) is 0 Å². The number of halogens is 1. The number of benzene rings is 2. The zero-order valence-corrected chi connectivity index (χ0v) is 12.9. The number of hydrogen-bond acceptors (Lipinski definition) is 3. The first-order valence-electron chi connectivity index (χ1n) is 6.25. The van der Waals surface area contributed by atoms with Crippen LogP contribution in [0.2, 0.25) is 5.02 Å². The molecule has 2 aromatic rings. The van der Waals surface area contributed by atoms with E-state index in [2.05, 4.69) is 4.72 Å². The quantitative estimate of drug-likeness (QED) is 0.861. The van der Waals surface area contributed by atoms with Crippen LogP contribution in [0, 0.1) is 6.92 Å². The number of rotatable bonds is 5. The number of Topliss-reactive ketones (excluding diaryl/α,β-unsaturated/α-hetero) is 1. The lowest BCUT2D eigenvalue weighted by Crippen LogP contribution is -2.30. The highest BCUT2D eigenvalue weighted by Gasteiger charge is 2.19. The van der Waals surface area contributed by atoms with Gasteiger partial charge in [-0.1, -0.05) is 48.0 Å². The van der Waals surface area contributed by atoms with Gasteiger partial charge in [0.2, 0.25) is 10.0 Å². The largest absolute Gasteiger partial charge is 0.293 e. The standard InChI is InChI=1S/C15H14ClNO3S/c1-11-13(16)8-5-9-15(11)21(19,20)17-10-14(18)12-6-3-2-4-7-12/h2-9,17H,10H2,1H3. The molecule has 0 spiro atoms. The van der Waals surface area contributed by atoms with Gasteiger partial charge in [-0.25, -0.2) is 13.1 Å². The molecule has 0 heterocycles. The Balaban J connectivity index is 2.16. The topological polar surface area (TPSA) is 63.2 Å². The Hall–Kier alpha value is -1.69. The minimum Gasteiger partial charge on any atom is -0.293 e. The molecule has 0 fully saturated rings. The molecule has 0 unspecified atom stereocenters. The second kappa shape index (κ2) is 6.39. The maximum absolute atomic E-state index is 12.2. The molecule has 0 saturated heterocycles. The van der Waals surface area contributed by atoms with Gasteiger partial charge in [-0.2, -0.15) is 0 Å². The summed E-state index contributed by atoms with van der Waals surface area (Å²) in [5.41, 5.74) is 0.918. The van der Waals surface area contributed by atoms with Gasteiger partial charge < -0.3 is 0 Å². The second-order valence-corrected chi connectivity index (χ2v) is 6.62. The molecule has 6 heteroatoms. The molecule has 0 atom stereocenters. The van der Waals surface area contributed by atoms with E-state index in [1.807, 2.05) is 0 Å². The maximum atomic E-state index is 12.2. The molecule has 4 nitrogen and oxygen atoms in total. The van der Waals surface area contributed by atoms with Crippen LogP contribution in [0.15, 0.2) is 53.4 Å². The Morgan fingerprint density at radius 2 is 1.76 bits per heavy atom. The van der Waals surface area contributed by atoms with Crippen LogP contribution in [0.25, 0.3) is 0 Å². The number of ketones is 1. The summed E-state index contributed by atoms with van der Waals surface area (Å²) in [4.78, 5) is 12.0. The average molecular weight is 324 g/mol. The Kier molecular flexibility index (Phi) is 4.77. The fourth-order valence-corrected chi connectivity index (χ4v) is 3.32. The van der Waals surface area contributed by atoms with Crippen LogP contribution in [0.1, 0.15) is 15.9 Å². The molecule has 0 bridgehead atoms. The highest BCUT2D eigenvalue weighted by Crippen LogP contribution is 2.22. The van der Waals surface area contributed by atoms with Crippen molar-refractivity contribution in [3.8, 4) is 0 Å². The predicted molar refractivity (Wildman–Crippen MR) is 82.2 cm³/mol. The lowest BCUT2D eigenvalue weighted by Gasteiger charge is -2.09. The van der Waals surface area contributed by atoms with Crippen LogP contribution in [0.4, 0.5) is 0 Å². The van der Waals surface area contributed by atoms with Gasteiger partial charge in [0.1, 0.15) is 0 Å². The van der Waals surface area contributed by atoms with Crippen LogP contribution in [-0.2, 0) is 10.0 Å². The first-order valence-corrected chi connectivity index (χ1v) is 8.11. The summed E-state index contributed by atoms with van der Waals surface area (Å²) in [5, 5.41) is 0.368. The van der Waals surface area contributed by atoms with Crippen LogP contribution in [0.3, 0.4) is 0 Å². The highest BCUT2D eigenvalue weighted by molar-refractivity contribution is 7.89. The molecule has 0 aliphatic rings. The summed E-state index contributed by atoms with van der Waals surface area (Å²) >= 11 is 5.92. The Morgan fingerprint density at radius 3 is 2.43 bits per heavy atom. The van der Waals surface area contributed by atoms with Crippen molar-refractivity contribution >= 4 is 27.4 Å². The molecular formula is C15H14ClNO3S. The van der Waals surface area contributed by atoms with E-state index in [1.165, 1.54) is 6.07 Å². The Labute approximate surface area is 128 Å². The first kappa shape index (κ1) is 15.7. The molecule has 2 aromatic carbocycles. The van der Waals surface area contributed by atoms with Crippen LogP contribution >= 0.6 is 11.6 Å². The van der Waals surface area contributed by atoms with E-state index in [4.69, 9.17) is 11.6 Å².